The predicted octanol–water partition coefficient (Wildman–Crippen LogP) is 2.57. The Balaban J connectivity index is 2.33. The highest BCUT2D eigenvalue weighted by Crippen LogP contribution is 2.28. The van der Waals surface area contributed by atoms with Gasteiger partial charge in [0.05, 0.1) is 6.33 Å². The number of hydrogen-bond acceptors (Lipinski definition) is 3. The van der Waals surface area contributed by atoms with E-state index in [0.717, 1.165) is 4.90 Å². The van der Waals surface area contributed by atoms with Crippen molar-refractivity contribution >= 4 is 23.4 Å². The van der Waals surface area contributed by atoms with Crippen molar-refractivity contribution in [3.63, 3.8) is 0 Å². The summed E-state index contributed by atoms with van der Waals surface area (Å²) < 4.78 is 0. The first-order chi connectivity index (χ1) is 7.27. The molecule has 15 heavy (non-hydrogen) atoms. The minimum absolute atomic E-state index is 0.131. The first-order valence-electron chi connectivity index (χ1n) is 4.23. The Morgan fingerprint density at radius 2 is 2.00 bits per heavy atom. The molecule has 0 aliphatic heterocycles. The van der Waals surface area contributed by atoms with E-state index in [4.69, 9.17) is 11.6 Å². The van der Waals surface area contributed by atoms with Gasteiger partial charge in [-0.2, -0.15) is 0 Å². The summed E-state index contributed by atoms with van der Waals surface area (Å²) in [5.41, 5.74) is -0.315. The van der Waals surface area contributed by atoms with Crippen molar-refractivity contribution in [3.8, 4) is 0 Å². The van der Waals surface area contributed by atoms with Gasteiger partial charge in [-0.1, -0.05) is 41.6 Å². The van der Waals surface area contributed by atoms with Gasteiger partial charge in [-0.15, -0.1) is 0 Å². The molecule has 1 aromatic carbocycles. The fraction of sp³-hybridized carbons (Fsp3) is 0. The lowest BCUT2D eigenvalue weighted by molar-refractivity contribution is 1.01. The third kappa shape index (κ3) is 2.40. The molecule has 2 rings (SSSR count). The Labute approximate surface area is 95.5 Å². The van der Waals surface area contributed by atoms with Crippen LogP contribution in [0.5, 0.6) is 0 Å². The first kappa shape index (κ1) is 10.3. The fourth-order valence-electron chi connectivity index (χ4n) is 1.04. The highest BCUT2D eigenvalue weighted by molar-refractivity contribution is 7.99. The number of nitrogens with zero attached hydrogens (tertiary/aromatic N) is 1. The molecule has 0 aliphatic rings. The normalized spacial score (nSPS) is 10.2. The maximum absolute atomic E-state index is 11.2. The van der Waals surface area contributed by atoms with Crippen molar-refractivity contribution in [2.75, 3.05) is 0 Å². The summed E-state index contributed by atoms with van der Waals surface area (Å²) in [4.78, 5) is 18.6. The molecule has 76 valence electrons. The first-order valence-corrected chi connectivity index (χ1v) is 5.43. The second-order valence-electron chi connectivity index (χ2n) is 2.77. The van der Waals surface area contributed by atoms with E-state index in [9.17, 15) is 4.79 Å². The van der Waals surface area contributed by atoms with Gasteiger partial charge in [0.2, 0.25) is 0 Å². The molecule has 5 heteroatoms. The molecule has 0 fully saturated rings. The summed E-state index contributed by atoms with van der Waals surface area (Å²) in [5, 5.41) is 0.651. The van der Waals surface area contributed by atoms with Crippen LogP contribution < -0.4 is 5.56 Å². The molecular weight excluding hydrogens is 232 g/mol. The number of H-pyrrole nitrogens is 1. The molecule has 3 nitrogen and oxygen atoms in total. The smallest absolute Gasteiger partial charge is 0.270 e. The van der Waals surface area contributed by atoms with E-state index in [1.54, 1.807) is 0 Å². The molecule has 0 amide bonds. The average Bonchev–Trinajstić information content (AvgIpc) is 2.26. The molecule has 0 atom stereocenters. The molecule has 0 spiro atoms. The summed E-state index contributed by atoms with van der Waals surface area (Å²) >= 11 is 7.18. The number of aromatic nitrogens is 2. The van der Waals surface area contributed by atoms with Gasteiger partial charge in [0, 0.05) is 4.90 Å². The quantitative estimate of drug-likeness (QED) is 0.818. The minimum atomic E-state index is -0.315. The summed E-state index contributed by atoms with van der Waals surface area (Å²) in [6.45, 7) is 0. The fourth-order valence-corrected chi connectivity index (χ4v) is 2.06. The van der Waals surface area contributed by atoms with Crippen LogP contribution in [-0.4, -0.2) is 9.97 Å². The number of aromatic amines is 1. The Morgan fingerprint density at radius 3 is 2.73 bits per heavy atom. The van der Waals surface area contributed by atoms with Crippen LogP contribution in [0.2, 0.25) is 5.02 Å². The van der Waals surface area contributed by atoms with Crippen LogP contribution in [0.25, 0.3) is 0 Å². The summed E-state index contributed by atoms with van der Waals surface area (Å²) in [5.74, 6) is 0. The molecule has 2 aromatic rings. The molecule has 1 heterocycles. The monoisotopic (exact) mass is 238 g/mol. The van der Waals surface area contributed by atoms with Crippen LogP contribution in [0.1, 0.15) is 0 Å². The van der Waals surface area contributed by atoms with Crippen LogP contribution in [0.15, 0.2) is 51.4 Å². The number of benzene rings is 1. The second-order valence-corrected chi connectivity index (χ2v) is 4.21. The maximum Gasteiger partial charge on any atom is 0.270 e. The summed E-state index contributed by atoms with van der Waals surface area (Å²) in [6, 6.07) is 9.64. The number of nitrogens with one attached hydrogen (secondary N) is 1. The number of rotatable bonds is 2. The number of hydrogen-bond donors (Lipinski definition) is 1. The Bertz CT molecular complexity index is 512. The molecule has 0 saturated carbocycles. The third-order valence-electron chi connectivity index (χ3n) is 1.72. The second kappa shape index (κ2) is 4.51. The molecule has 1 aromatic heterocycles. The topological polar surface area (TPSA) is 45.8 Å². The van der Waals surface area contributed by atoms with Crippen molar-refractivity contribution in [1.82, 2.24) is 9.97 Å². The van der Waals surface area contributed by atoms with Gasteiger partial charge < -0.3 is 4.98 Å². The molecule has 0 radical (unpaired) electrons. The van der Waals surface area contributed by atoms with E-state index in [0.29, 0.717) is 5.03 Å². The summed E-state index contributed by atoms with van der Waals surface area (Å²) in [7, 11) is 0. The van der Waals surface area contributed by atoms with Crippen molar-refractivity contribution in [3.05, 3.63) is 52.0 Å². The summed E-state index contributed by atoms with van der Waals surface area (Å²) in [6.07, 6.45) is 1.35. The van der Waals surface area contributed by atoms with Crippen LogP contribution in [0.4, 0.5) is 0 Å². The van der Waals surface area contributed by atoms with Gasteiger partial charge in [-0.05, 0) is 12.1 Å². The van der Waals surface area contributed by atoms with Gasteiger partial charge in [0.25, 0.3) is 5.56 Å². The largest absolute Gasteiger partial charge is 0.312 e. The zero-order valence-corrected chi connectivity index (χ0v) is 9.18. The van der Waals surface area contributed by atoms with Gasteiger partial charge in [0.15, 0.2) is 0 Å². The average molecular weight is 239 g/mol. The molecule has 0 bridgehead atoms. The third-order valence-corrected chi connectivity index (χ3v) is 3.20. The molecule has 0 aliphatic carbocycles. The maximum atomic E-state index is 11.2. The Hall–Kier alpha value is -1.26. The van der Waals surface area contributed by atoms with Gasteiger partial charge in [0.1, 0.15) is 10.0 Å². The van der Waals surface area contributed by atoms with Crippen LogP contribution in [0, 0.1) is 0 Å². The van der Waals surface area contributed by atoms with Gasteiger partial charge in [-0.3, -0.25) is 4.79 Å². The molecule has 0 saturated heterocycles. The lowest BCUT2D eigenvalue weighted by atomic mass is 10.4. The lowest BCUT2D eigenvalue weighted by Gasteiger charge is -2.00. The Morgan fingerprint density at radius 1 is 1.27 bits per heavy atom. The molecule has 1 N–H and O–H groups in total. The van der Waals surface area contributed by atoms with E-state index in [1.807, 2.05) is 30.3 Å². The molecular formula is C10H7ClN2OS. The van der Waals surface area contributed by atoms with Crippen LogP contribution >= 0.6 is 23.4 Å². The van der Waals surface area contributed by atoms with Crippen LogP contribution in [-0.2, 0) is 0 Å². The van der Waals surface area contributed by atoms with E-state index in [1.165, 1.54) is 18.1 Å². The highest BCUT2D eigenvalue weighted by Gasteiger charge is 2.06. The van der Waals surface area contributed by atoms with Crippen molar-refractivity contribution in [2.24, 2.45) is 0 Å². The predicted molar refractivity (Wildman–Crippen MR) is 60.4 cm³/mol. The van der Waals surface area contributed by atoms with E-state index in [2.05, 4.69) is 9.97 Å². The van der Waals surface area contributed by atoms with Crippen molar-refractivity contribution < 1.29 is 0 Å². The van der Waals surface area contributed by atoms with E-state index in [-0.39, 0.29) is 10.6 Å². The van der Waals surface area contributed by atoms with Crippen molar-refractivity contribution in [2.45, 2.75) is 9.92 Å². The zero-order chi connectivity index (χ0) is 10.7. The standard InChI is InChI=1S/C10H7ClN2OS/c11-8-9(14)12-6-13-10(8)15-7-4-2-1-3-5-7/h1-6H,(H,12,13,14). The highest BCUT2D eigenvalue weighted by atomic mass is 35.5. The zero-order valence-electron chi connectivity index (χ0n) is 7.61. The van der Waals surface area contributed by atoms with E-state index >= 15 is 0 Å². The van der Waals surface area contributed by atoms with Gasteiger partial charge >= 0.3 is 0 Å². The Kier molecular flexibility index (Phi) is 3.08. The van der Waals surface area contributed by atoms with Crippen molar-refractivity contribution in [1.29, 1.82) is 0 Å². The van der Waals surface area contributed by atoms with Gasteiger partial charge in [-0.25, -0.2) is 4.98 Å². The minimum Gasteiger partial charge on any atom is -0.312 e. The van der Waals surface area contributed by atoms with E-state index < -0.39 is 0 Å². The number of halogens is 1. The molecule has 0 unspecified atom stereocenters. The van der Waals surface area contributed by atoms with Crippen LogP contribution in [0.3, 0.4) is 0 Å². The SMILES string of the molecule is O=c1[nH]cnc(Sc2ccccc2)c1Cl. The lowest BCUT2D eigenvalue weighted by Crippen LogP contribution is -2.07.